The predicted molar refractivity (Wildman–Crippen MR) is 74.4 cm³/mol. The molecule has 1 saturated heterocycles. The number of hydrogen-bond donors (Lipinski definition) is 1. The lowest BCUT2D eigenvalue weighted by atomic mass is 9.98. The van der Waals surface area contributed by atoms with Gasteiger partial charge in [-0.15, -0.1) is 0 Å². The fourth-order valence-electron chi connectivity index (χ4n) is 3.22. The van der Waals surface area contributed by atoms with Crippen LogP contribution in [0.1, 0.15) is 12.8 Å². The number of nitrogens with two attached hydrogens (primary N) is 1. The summed E-state index contributed by atoms with van der Waals surface area (Å²) >= 11 is 5.79. The van der Waals surface area contributed by atoms with E-state index in [0.29, 0.717) is 34.8 Å². The Morgan fingerprint density at radius 1 is 1.16 bits per heavy atom. The van der Waals surface area contributed by atoms with Crippen LogP contribution in [0.5, 0.6) is 0 Å². The van der Waals surface area contributed by atoms with Crippen LogP contribution in [0, 0.1) is 11.8 Å². The minimum absolute atomic E-state index is 0.149. The Kier molecular flexibility index (Phi) is 3.33. The van der Waals surface area contributed by atoms with Gasteiger partial charge in [-0.1, -0.05) is 11.6 Å². The van der Waals surface area contributed by atoms with E-state index in [4.69, 9.17) is 17.3 Å². The molecule has 1 aromatic carbocycles. The lowest BCUT2D eigenvalue weighted by molar-refractivity contribution is 0.427. The van der Waals surface area contributed by atoms with Gasteiger partial charge in [0.1, 0.15) is 0 Å². The molecule has 1 aliphatic heterocycles. The molecule has 0 radical (unpaired) electrons. The van der Waals surface area contributed by atoms with Crippen molar-refractivity contribution in [2.45, 2.75) is 23.8 Å². The maximum absolute atomic E-state index is 12.5. The summed E-state index contributed by atoms with van der Waals surface area (Å²) in [5.41, 5.74) is 6.05. The van der Waals surface area contributed by atoms with Crippen LogP contribution >= 0.6 is 11.6 Å². The average Bonchev–Trinajstić information content (AvgIpc) is 2.93. The Balaban J connectivity index is 1.84. The van der Waals surface area contributed by atoms with Crippen LogP contribution in [-0.4, -0.2) is 31.9 Å². The van der Waals surface area contributed by atoms with E-state index in [0.717, 1.165) is 12.8 Å². The first-order chi connectivity index (χ1) is 8.98. The van der Waals surface area contributed by atoms with Crippen molar-refractivity contribution in [1.82, 2.24) is 4.31 Å². The normalized spacial score (nSPS) is 31.6. The zero-order valence-corrected chi connectivity index (χ0v) is 12.1. The van der Waals surface area contributed by atoms with Crippen molar-refractivity contribution < 1.29 is 8.42 Å². The molecule has 1 aliphatic carbocycles. The number of fused-ring (bicyclic) bond motifs is 1. The summed E-state index contributed by atoms with van der Waals surface area (Å²) in [4.78, 5) is 0.311. The number of benzene rings is 1. The van der Waals surface area contributed by atoms with E-state index in [9.17, 15) is 8.42 Å². The monoisotopic (exact) mass is 300 g/mol. The van der Waals surface area contributed by atoms with Crippen LogP contribution in [0.2, 0.25) is 5.02 Å². The summed E-state index contributed by atoms with van der Waals surface area (Å²) < 4.78 is 26.6. The molecule has 3 unspecified atom stereocenters. The zero-order chi connectivity index (χ0) is 13.6. The van der Waals surface area contributed by atoms with E-state index >= 15 is 0 Å². The molecule has 2 N–H and O–H groups in total. The fourth-order valence-corrected chi connectivity index (χ4v) is 4.88. The third kappa shape index (κ3) is 2.29. The first kappa shape index (κ1) is 13.4. The molecule has 19 heavy (non-hydrogen) atoms. The summed E-state index contributed by atoms with van der Waals surface area (Å²) in [5.74, 6) is 0.749. The van der Waals surface area contributed by atoms with Crippen molar-refractivity contribution in [1.29, 1.82) is 0 Å². The molecule has 3 rings (SSSR count). The first-order valence-corrected chi connectivity index (χ1v) is 8.31. The topological polar surface area (TPSA) is 63.4 Å². The van der Waals surface area contributed by atoms with Gasteiger partial charge in [-0.2, -0.15) is 4.31 Å². The molecule has 104 valence electrons. The van der Waals surface area contributed by atoms with Crippen LogP contribution in [0.25, 0.3) is 0 Å². The molecule has 1 aromatic rings. The van der Waals surface area contributed by atoms with Gasteiger partial charge < -0.3 is 5.73 Å². The van der Waals surface area contributed by atoms with E-state index in [1.807, 2.05) is 0 Å². The number of halogens is 1. The number of hydrogen-bond acceptors (Lipinski definition) is 3. The predicted octanol–water partition coefficient (Wildman–Crippen LogP) is 1.70. The quantitative estimate of drug-likeness (QED) is 0.904. The second-order valence-electron chi connectivity index (χ2n) is 5.44. The maximum Gasteiger partial charge on any atom is 0.243 e. The summed E-state index contributed by atoms with van der Waals surface area (Å²) in [6, 6.07) is 6.49. The lowest BCUT2D eigenvalue weighted by Gasteiger charge is -2.18. The number of sulfonamides is 1. The number of rotatable bonds is 2. The Morgan fingerprint density at radius 2 is 1.84 bits per heavy atom. The van der Waals surface area contributed by atoms with Gasteiger partial charge in [0.05, 0.1) is 4.90 Å². The van der Waals surface area contributed by atoms with E-state index in [1.165, 1.54) is 0 Å². The Morgan fingerprint density at radius 3 is 2.47 bits per heavy atom. The van der Waals surface area contributed by atoms with E-state index in [-0.39, 0.29) is 6.04 Å². The van der Waals surface area contributed by atoms with Crippen LogP contribution in [0.4, 0.5) is 0 Å². The van der Waals surface area contributed by atoms with Crippen molar-refractivity contribution in [2.24, 2.45) is 17.6 Å². The fraction of sp³-hybridized carbons (Fsp3) is 0.538. The molecule has 0 aromatic heterocycles. The van der Waals surface area contributed by atoms with Gasteiger partial charge in [0, 0.05) is 24.2 Å². The van der Waals surface area contributed by atoms with Gasteiger partial charge >= 0.3 is 0 Å². The highest BCUT2D eigenvalue weighted by molar-refractivity contribution is 7.89. The molecule has 6 heteroatoms. The highest BCUT2D eigenvalue weighted by Gasteiger charge is 2.44. The molecule has 2 fully saturated rings. The Labute approximate surface area is 118 Å². The third-order valence-electron chi connectivity index (χ3n) is 4.33. The van der Waals surface area contributed by atoms with Crippen LogP contribution < -0.4 is 5.73 Å². The molecule has 1 heterocycles. The second kappa shape index (κ2) is 4.74. The van der Waals surface area contributed by atoms with Crippen molar-refractivity contribution in [3.63, 3.8) is 0 Å². The van der Waals surface area contributed by atoms with E-state index < -0.39 is 10.0 Å². The molecular weight excluding hydrogens is 284 g/mol. The van der Waals surface area contributed by atoms with Gasteiger partial charge in [-0.25, -0.2) is 8.42 Å². The van der Waals surface area contributed by atoms with Gasteiger partial charge in [0.2, 0.25) is 10.0 Å². The van der Waals surface area contributed by atoms with Crippen molar-refractivity contribution >= 4 is 21.6 Å². The smallest absolute Gasteiger partial charge is 0.243 e. The van der Waals surface area contributed by atoms with Crippen molar-refractivity contribution in [2.75, 3.05) is 13.1 Å². The molecular formula is C13H17ClN2O2S. The highest BCUT2D eigenvalue weighted by Crippen LogP contribution is 2.39. The van der Waals surface area contributed by atoms with Gasteiger partial charge in [0.25, 0.3) is 0 Å². The molecule has 4 nitrogen and oxygen atoms in total. The van der Waals surface area contributed by atoms with Gasteiger partial charge in [-0.05, 0) is 48.9 Å². The average molecular weight is 301 g/mol. The Hall–Kier alpha value is -0.620. The van der Waals surface area contributed by atoms with Crippen LogP contribution in [0.15, 0.2) is 29.2 Å². The van der Waals surface area contributed by atoms with Crippen molar-refractivity contribution in [3.8, 4) is 0 Å². The third-order valence-corrected chi connectivity index (χ3v) is 6.43. The van der Waals surface area contributed by atoms with E-state index in [1.54, 1.807) is 28.6 Å². The SMILES string of the molecule is NC1CCC2CN(S(=O)(=O)c3ccc(Cl)cc3)CC12. The highest BCUT2D eigenvalue weighted by atomic mass is 35.5. The summed E-state index contributed by atoms with van der Waals surface area (Å²) in [6.45, 7) is 1.15. The summed E-state index contributed by atoms with van der Waals surface area (Å²) in [5, 5.41) is 0.541. The second-order valence-corrected chi connectivity index (χ2v) is 7.82. The first-order valence-electron chi connectivity index (χ1n) is 6.50. The molecule has 0 spiro atoms. The van der Waals surface area contributed by atoms with Crippen LogP contribution in [-0.2, 0) is 10.0 Å². The summed E-state index contributed by atoms with van der Waals surface area (Å²) in [6.07, 6.45) is 2.06. The van der Waals surface area contributed by atoms with E-state index in [2.05, 4.69) is 0 Å². The Bertz CT molecular complexity index is 573. The minimum Gasteiger partial charge on any atom is -0.327 e. The largest absolute Gasteiger partial charge is 0.327 e. The zero-order valence-electron chi connectivity index (χ0n) is 10.5. The van der Waals surface area contributed by atoms with Crippen LogP contribution in [0.3, 0.4) is 0 Å². The standard InChI is InChI=1S/C13H17ClN2O2S/c14-10-2-4-11(5-3-10)19(17,18)16-7-9-1-6-13(15)12(9)8-16/h2-5,9,12-13H,1,6-8,15H2. The molecule has 1 saturated carbocycles. The van der Waals surface area contributed by atoms with Gasteiger partial charge in [0.15, 0.2) is 0 Å². The molecule has 3 atom stereocenters. The minimum atomic E-state index is -3.40. The lowest BCUT2D eigenvalue weighted by Crippen LogP contribution is -2.33. The summed E-state index contributed by atoms with van der Waals surface area (Å²) in [7, 11) is -3.40. The molecule has 0 amide bonds. The molecule has 2 aliphatic rings. The molecule has 0 bridgehead atoms. The van der Waals surface area contributed by atoms with Gasteiger partial charge in [-0.3, -0.25) is 0 Å². The number of nitrogens with zero attached hydrogens (tertiary/aromatic N) is 1. The van der Waals surface area contributed by atoms with Crippen molar-refractivity contribution in [3.05, 3.63) is 29.3 Å². The maximum atomic E-state index is 12.5.